The van der Waals surface area contributed by atoms with Crippen LogP contribution in [0.25, 0.3) is 11.1 Å². The van der Waals surface area contributed by atoms with Crippen LogP contribution in [-0.2, 0) is 4.79 Å². The fourth-order valence-corrected chi connectivity index (χ4v) is 2.82. The molecule has 0 atom stereocenters. The average molecular weight is 316 g/mol. The zero-order valence-corrected chi connectivity index (χ0v) is 13.6. The number of carbonyl (C=O) groups is 1. The zero-order valence-electron chi connectivity index (χ0n) is 12.9. The summed E-state index contributed by atoms with van der Waals surface area (Å²) in [6, 6.07) is 11.5. The zero-order chi connectivity index (χ0) is 15.9. The molecule has 3 rings (SSSR count). The summed E-state index contributed by atoms with van der Waals surface area (Å²) >= 11 is 6.02. The van der Waals surface area contributed by atoms with E-state index in [1.807, 2.05) is 62.3 Å². The Morgan fingerprint density at radius 2 is 1.95 bits per heavy atom. The second kappa shape index (κ2) is 5.38. The van der Waals surface area contributed by atoms with Gasteiger partial charge in [-0.05, 0) is 43.7 Å². The molecule has 0 bridgehead atoms. The molecule has 1 saturated heterocycles. The minimum Gasteiger partial charge on any atom is -0.273 e. The molecule has 1 fully saturated rings. The monoisotopic (exact) mass is 315 g/mol. The van der Waals surface area contributed by atoms with Gasteiger partial charge in [-0.1, -0.05) is 23.7 Å². The third-order valence-corrected chi connectivity index (χ3v) is 4.35. The maximum absolute atomic E-state index is 12.2. The maximum Gasteiger partial charge on any atom is 0.244 e. The van der Waals surface area contributed by atoms with Gasteiger partial charge in [-0.25, -0.2) is 15.0 Å². The summed E-state index contributed by atoms with van der Waals surface area (Å²) in [5, 5.41) is 4.27. The second-order valence-corrected chi connectivity index (χ2v) is 6.57. The lowest BCUT2D eigenvalue weighted by atomic mass is 10.0. The van der Waals surface area contributed by atoms with Gasteiger partial charge in [-0.3, -0.25) is 4.79 Å². The Labute approximate surface area is 135 Å². The Hall–Kier alpha value is -1.91. The highest BCUT2D eigenvalue weighted by molar-refractivity contribution is 6.30. The van der Waals surface area contributed by atoms with Crippen LogP contribution in [0.2, 0.25) is 5.02 Å². The van der Waals surface area contributed by atoms with Crippen LogP contribution in [0, 0.1) is 0 Å². The molecule has 2 heterocycles. The number of hydrogen-bond donors (Lipinski definition) is 0. The minimum absolute atomic E-state index is 0.0653. The first-order valence-electron chi connectivity index (χ1n) is 7.17. The van der Waals surface area contributed by atoms with Crippen LogP contribution in [-0.4, -0.2) is 28.5 Å². The van der Waals surface area contributed by atoms with E-state index in [-0.39, 0.29) is 11.4 Å². The number of anilines is 1. The second-order valence-electron chi connectivity index (χ2n) is 6.13. The van der Waals surface area contributed by atoms with E-state index < -0.39 is 0 Å². The van der Waals surface area contributed by atoms with Crippen molar-refractivity contribution in [2.24, 2.45) is 0 Å². The van der Waals surface area contributed by atoms with Crippen molar-refractivity contribution >= 4 is 23.3 Å². The van der Waals surface area contributed by atoms with Gasteiger partial charge in [0, 0.05) is 35.8 Å². The fourth-order valence-electron chi connectivity index (χ4n) is 2.63. The quantitative estimate of drug-likeness (QED) is 0.846. The molecule has 0 unspecified atom stereocenters. The van der Waals surface area contributed by atoms with Gasteiger partial charge in [0.1, 0.15) is 5.82 Å². The molecule has 1 aromatic heterocycles. The maximum atomic E-state index is 12.2. The number of pyridine rings is 1. The highest BCUT2D eigenvalue weighted by Crippen LogP contribution is 2.32. The van der Waals surface area contributed by atoms with E-state index >= 15 is 0 Å². The van der Waals surface area contributed by atoms with E-state index in [0.29, 0.717) is 17.3 Å². The van der Waals surface area contributed by atoms with E-state index in [1.54, 1.807) is 11.2 Å². The summed E-state index contributed by atoms with van der Waals surface area (Å²) in [5.74, 6) is 0.708. The predicted octanol–water partition coefficient (Wildman–Crippen LogP) is 3.76. The standard InChI is InChI=1S/C17H18ClN3O/c1-17(2)10-16(22)21(20(17)3)15-8-7-13(11-19-15)12-5-4-6-14(18)9-12/h4-9,11H,10H2,1-3H3. The molecule has 1 aliphatic rings. The summed E-state index contributed by atoms with van der Waals surface area (Å²) in [5.41, 5.74) is 1.79. The van der Waals surface area contributed by atoms with Crippen LogP contribution in [0.3, 0.4) is 0 Å². The van der Waals surface area contributed by atoms with Crippen LogP contribution in [0.4, 0.5) is 5.82 Å². The molecule has 0 aliphatic carbocycles. The first-order valence-corrected chi connectivity index (χ1v) is 7.55. The van der Waals surface area contributed by atoms with Gasteiger partial charge in [0.2, 0.25) is 5.91 Å². The molecule has 0 radical (unpaired) electrons. The molecule has 1 amide bonds. The van der Waals surface area contributed by atoms with Crippen molar-refractivity contribution in [2.45, 2.75) is 25.8 Å². The number of carbonyl (C=O) groups excluding carboxylic acids is 1. The smallest absolute Gasteiger partial charge is 0.244 e. The lowest BCUT2D eigenvalue weighted by Gasteiger charge is -2.32. The number of amides is 1. The molecule has 0 N–H and O–H groups in total. The molecule has 114 valence electrons. The van der Waals surface area contributed by atoms with Gasteiger partial charge in [-0.15, -0.1) is 0 Å². The number of rotatable bonds is 2. The number of halogens is 1. The highest BCUT2D eigenvalue weighted by Gasteiger charge is 2.42. The first kappa shape index (κ1) is 15.0. The van der Waals surface area contributed by atoms with E-state index in [9.17, 15) is 4.79 Å². The molecule has 0 saturated carbocycles. The van der Waals surface area contributed by atoms with E-state index in [1.165, 1.54) is 0 Å². The molecule has 1 aromatic carbocycles. The Kier molecular flexibility index (Phi) is 3.67. The van der Waals surface area contributed by atoms with E-state index in [2.05, 4.69) is 4.98 Å². The van der Waals surface area contributed by atoms with Crippen LogP contribution in [0.1, 0.15) is 20.3 Å². The summed E-state index contributed by atoms with van der Waals surface area (Å²) in [6.07, 6.45) is 2.26. The Morgan fingerprint density at radius 3 is 2.50 bits per heavy atom. The Bertz CT molecular complexity index is 712. The summed E-state index contributed by atoms with van der Waals surface area (Å²) < 4.78 is 0. The fraction of sp³-hybridized carbons (Fsp3) is 0.294. The molecule has 0 spiro atoms. The van der Waals surface area contributed by atoms with Crippen molar-refractivity contribution in [2.75, 3.05) is 12.1 Å². The van der Waals surface area contributed by atoms with Gasteiger partial charge >= 0.3 is 0 Å². The van der Waals surface area contributed by atoms with Crippen molar-refractivity contribution in [3.63, 3.8) is 0 Å². The lowest BCUT2D eigenvalue weighted by molar-refractivity contribution is -0.118. The minimum atomic E-state index is -0.190. The van der Waals surface area contributed by atoms with Crippen molar-refractivity contribution in [3.8, 4) is 11.1 Å². The Morgan fingerprint density at radius 1 is 1.18 bits per heavy atom. The molecule has 1 aliphatic heterocycles. The van der Waals surface area contributed by atoms with Gasteiger partial charge < -0.3 is 0 Å². The molecular formula is C17H18ClN3O. The van der Waals surface area contributed by atoms with Gasteiger partial charge in [0.25, 0.3) is 0 Å². The number of benzene rings is 1. The van der Waals surface area contributed by atoms with Crippen LogP contribution in [0.5, 0.6) is 0 Å². The molecular weight excluding hydrogens is 298 g/mol. The van der Waals surface area contributed by atoms with Crippen LogP contribution in [0.15, 0.2) is 42.6 Å². The summed E-state index contributed by atoms with van der Waals surface area (Å²) in [4.78, 5) is 16.7. The normalized spacial score (nSPS) is 18.0. The summed E-state index contributed by atoms with van der Waals surface area (Å²) in [7, 11) is 1.91. The number of nitrogens with zero attached hydrogens (tertiary/aromatic N) is 3. The van der Waals surface area contributed by atoms with Crippen molar-refractivity contribution in [1.29, 1.82) is 0 Å². The summed E-state index contributed by atoms with van der Waals surface area (Å²) in [6.45, 7) is 4.09. The van der Waals surface area contributed by atoms with Crippen molar-refractivity contribution in [1.82, 2.24) is 9.99 Å². The largest absolute Gasteiger partial charge is 0.273 e. The SMILES string of the molecule is CN1N(c2ccc(-c3cccc(Cl)c3)cn2)C(=O)CC1(C)C. The Balaban J connectivity index is 1.91. The number of hydrogen-bond acceptors (Lipinski definition) is 3. The number of hydrazine groups is 1. The van der Waals surface area contributed by atoms with Crippen LogP contribution >= 0.6 is 11.6 Å². The van der Waals surface area contributed by atoms with E-state index in [4.69, 9.17) is 11.6 Å². The lowest BCUT2D eigenvalue weighted by Crippen LogP contribution is -2.44. The number of aromatic nitrogens is 1. The van der Waals surface area contributed by atoms with Crippen LogP contribution < -0.4 is 5.01 Å². The van der Waals surface area contributed by atoms with Crippen molar-refractivity contribution < 1.29 is 4.79 Å². The predicted molar refractivity (Wildman–Crippen MR) is 88.6 cm³/mol. The third kappa shape index (κ3) is 2.60. The topological polar surface area (TPSA) is 36.4 Å². The van der Waals surface area contributed by atoms with Crippen molar-refractivity contribution in [3.05, 3.63) is 47.6 Å². The molecule has 2 aromatic rings. The molecule has 4 nitrogen and oxygen atoms in total. The van der Waals surface area contributed by atoms with E-state index in [0.717, 1.165) is 11.1 Å². The average Bonchev–Trinajstić information content (AvgIpc) is 2.67. The molecule has 22 heavy (non-hydrogen) atoms. The van der Waals surface area contributed by atoms with Gasteiger partial charge in [0.05, 0.1) is 0 Å². The molecule has 5 heteroatoms. The highest BCUT2D eigenvalue weighted by atomic mass is 35.5. The van der Waals surface area contributed by atoms with Gasteiger partial charge in [-0.2, -0.15) is 0 Å². The van der Waals surface area contributed by atoms with Gasteiger partial charge in [0.15, 0.2) is 0 Å². The first-order chi connectivity index (χ1) is 10.4. The third-order valence-electron chi connectivity index (χ3n) is 4.12.